The molecule has 1 aromatic carbocycles. The first-order valence-electron chi connectivity index (χ1n) is 8.90. The number of hydrogen-bond acceptors (Lipinski definition) is 3. The van der Waals surface area contributed by atoms with Gasteiger partial charge in [-0.05, 0) is 44.9 Å². The van der Waals surface area contributed by atoms with Gasteiger partial charge in [-0.3, -0.25) is 9.89 Å². The fourth-order valence-electron chi connectivity index (χ4n) is 3.81. The minimum absolute atomic E-state index is 0.0226. The molecule has 6 nitrogen and oxygen atoms in total. The molecule has 25 heavy (non-hydrogen) atoms. The van der Waals surface area contributed by atoms with Gasteiger partial charge >= 0.3 is 0 Å². The topological polar surface area (TPSA) is 66.8 Å². The number of amides is 1. The molecule has 1 saturated heterocycles. The van der Waals surface area contributed by atoms with Crippen molar-refractivity contribution in [3.8, 4) is 0 Å². The molecule has 0 radical (unpaired) electrons. The van der Waals surface area contributed by atoms with Gasteiger partial charge < -0.3 is 9.47 Å². The molecule has 130 valence electrons. The van der Waals surface area contributed by atoms with Crippen molar-refractivity contribution in [3.63, 3.8) is 0 Å². The van der Waals surface area contributed by atoms with Crippen molar-refractivity contribution in [2.75, 3.05) is 13.1 Å². The number of nitrogens with zero attached hydrogens (tertiary/aromatic N) is 4. The zero-order valence-corrected chi connectivity index (χ0v) is 14.6. The molecule has 0 spiro atoms. The van der Waals surface area contributed by atoms with E-state index in [1.54, 1.807) is 12.3 Å². The molecule has 4 rings (SSSR count). The summed E-state index contributed by atoms with van der Waals surface area (Å²) in [4.78, 5) is 19.5. The average molecular weight is 337 g/mol. The van der Waals surface area contributed by atoms with E-state index < -0.39 is 0 Å². The number of likely N-dealkylation sites (tertiary alicyclic amines) is 1. The first kappa shape index (κ1) is 15.9. The maximum absolute atomic E-state index is 12.7. The van der Waals surface area contributed by atoms with E-state index in [9.17, 15) is 4.79 Å². The smallest absolute Gasteiger partial charge is 0.271 e. The number of fused-ring (bicyclic) bond motifs is 1. The van der Waals surface area contributed by atoms with E-state index in [4.69, 9.17) is 4.98 Å². The van der Waals surface area contributed by atoms with Gasteiger partial charge in [0.15, 0.2) is 0 Å². The minimum Gasteiger partial charge on any atom is -0.337 e. The molecule has 0 bridgehead atoms. The molecule has 1 aliphatic rings. The Hall–Kier alpha value is -2.63. The van der Waals surface area contributed by atoms with Crippen LogP contribution in [-0.4, -0.2) is 43.6 Å². The molecule has 1 amide bonds. The number of aromatic amines is 1. The summed E-state index contributed by atoms with van der Waals surface area (Å²) in [7, 11) is 0. The number of aromatic nitrogens is 4. The first-order valence-corrected chi connectivity index (χ1v) is 8.90. The molecule has 1 unspecified atom stereocenters. The lowest BCUT2D eigenvalue weighted by Gasteiger charge is -2.33. The molecule has 1 atom stereocenters. The number of benzene rings is 1. The highest BCUT2D eigenvalue weighted by Crippen LogP contribution is 2.31. The molecule has 2 aromatic heterocycles. The lowest BCUT2D eigenvalue weighted by Crippen LogP contribution is -2.40. The highest BCUT2D eigenvalue weighted by Gasteiger charge is 2.30. The van der Waals surface area contributed by atoms with Crippen LogP contribution in [0, 0.1) is 0 Å². The van der Waals surface area contributed by atoms with Crippen molar-refractivity contribution in [3.05, 3.63) is 48.0 Å². The fraction of sp³-hybridized carbons (Fsp3) is 0.421. The van der Waals surface area contributed by atoms with Crippen LogP contribution in [-0.2, 0) is 0 Å². The van der Waals surface area contributed by atoms with E-state index >= 15 is 0 Å². The minimum atomic E-state index is 0.0226. The van der Waals surface area contributed by atoms with Gasteiger partial charge in [-0.25, -0.2) is 4.98 Å². The predicted octanol–water partition coefficient (Wildman–Crippen LogP) is 3.36. The summed E-state index contributed by atoms with van der Waals surface area (Å²) in [6.07, 6.45) is 3.67. The van der Waals surface area contributed by atoms with Gasteiger partial charge in [-0.1, -0.05) is 12.1 Å². The van der Waals surface area contributed by atoms with E-state index in [0.29, 0.717) is 18.3 Å². The van der Waals surface area contributed by atoms with E-state index in [0.717, 1.165) is 30.7 Å². The van der Waals surface area contributed by atoms with Crippen LogP contribution in [0.4, 0.5) is 0 Å². The van der Waals surface area contributed by atoms with Crippen molar-refractivity contribution in [1.82, 2.24) is 24.6 Å². The summed E-state index contributed by atoms with van der Waals surface area (Å²) < 4.78 is 2.32. The summed E-state index contributed by atoms with van der Waals surface area (Å²) >= 11 is 0. The quantitative estimate of drug-likeness (QED) is 0.797. The summed E-state index contributed by atoms with van der Waals surface area (Å²) in [5, 5.41) is 6.67. The molecule has 6 heteroatoms. The molecule has 0 aliphatic carbocycles. The molecule has 1 N–H and O–H groups in total. The fourth-order valence-corrected chi connectivity index (χ4v) is 3.81. The third-order valence-electron chi connectivity index (χ3n) is 4.94. The van der Waals surface area contributed by atoms with Crippen LogP contribution in [0.3, 0.4) is 0 Å². The van der Waals surface area contributed by atoms with Crippen molar-refractivity contribution < 1.29 is 4.79 Å². The van der Waals surface area contributed by atoms with Gasteiger partial charge in [-0.15, -0.1) is 0 Å². The van der Waals surface area contributed by atoms with Crippen LogP contribution in [0.15, 0.2) is 36.5 Å². The number of piperidine rings is 1. The number of imidazole rings is 1. The highest BCUT2D eigenvalue weighted by molar-refractivity contribution is 5.92. The highest BCUT2D eigenvalue weighted by atomic mass is 16.2. The number of nitrogens with one attached hydrogen (secondary N) is 1. The Kier molecular flexibility index (Phi) is 4.03. The Morgan fingerprint density at radius 2 is 2.12 bits per heavy atom. The number of hydrogen-bond donors (Lipinski definition) is 1. The van der Waals surface area contributed by atoms with Crippen LogP contribution in [0.25, 0.3) is 11.0 Å². The number of rotatable bonds is 3. The maximum Gasteiger partial charge on any atom is 0.271 e. The van der Waals surface area contributed by atoms with Crippen LogP contribution >= 0.6 is 0 Å². The van der Waals surface area contributed by atoms with Crippen molar-refractivity contribution in [1.29, 1.82) is 0 Å². The maximum atomic E-state index is 12.7. The molecular formula is C19H23N5O. The largest absolute Gasteiger partial charge is 0.337 e. The number of H-pyrrole nitrogens is 1. The van der Waals surface area contributed by atoms with Gasteiger partial charge in [0.05, 0.1) is 11.0 Å². The second-order valence-corrected chi connectivity index (χ2v) is 6.98. The monoisotopic (exact) mass is 337 g/mol. The van der Waals surface area contributed by atoms with E-state index in [1.807, 2.05) is 11.0 Å². The van der Waals surface area contributed by atoms with Gasteiger partial charge in [0, 0.05) is 31.2 Å². The van der Waals surface area contributed by atoms with Gasteiger partial charge in [0.25, 0.3) is 5.91 Å². The Balaban J connectivity index is 1.66. The van der Waals surface area contributed by atoms with Gasteiger partial charge in [0.1, 0.15) is 11.5 Å². The Morgan fingerprint density at radius 3 is 2.88 bits per heavy atom. The Morgan fingerprint density at radius 1 is 1.28 bits per heavy atom. The van der Waals surface area contributed by atoms with Crippen molar-refractivity contribution >= 4 is 16.9 Å². The second kappa shape index (κ2) is 6.35. The Labute approximate surface area is 146 Å². The van der Waals surface area contributed by atoms with Gasteiger partial charge in [-0.2, -0.15) is 5.10 Å². The lowest BCUT2D eigenvalue weighted by molar-refractivity contribution is 0.0697. The second-order valence-electron chi connectivity index (χ2n) is 6.98. The predicted molar refractivity (Wildman–Crippen MR) is 96.6 cm³/mol. The van der Waals surface area contributed by atoms with Crippen molar-refractivity contribution in [2.24, 2.45) is 0 Å². The third kappa shape index (κ3) is 2.81. The number of carbonyl (C=O) groups excluding carboxylic acids is 1. The molecular weight excluding hydrogens is 314 g/mol. The molecule has 0 saturated carbocycles. The lowest BCUT2D eigenvalue weighted by atomic mass is 9.96. The standard InChI is InChI=1S/C19H23N5O/c1-13(2)24-17-8-4-3-7-15(17)21-18(24)14-6-5-11-23(12-14)19(25)16-9-10-20-22-16/h3-4,7-10,13-14H,5-6,11-12H2,1-2H3,(H,20,22). The van der Waals surface area contributed by atoms with E-state index in [1.165, 1.54) is 5.52 Å². The molecule has 1 fully saturated rings. The normalized spacial score (nSPS) is 18.2. The van der Waals surface area contributed by atoms with Crippen molar-refractivity contribution in [2.45, 2.75) is 38.6 Å². The van der Waals surface area contributed by atoms with Crippen LogP contribution in [0.1, 0.15) is 55.0 Å². The van der Waals surface area contributed by atoms with Crippen LogP contribution < -0.4 is 0 Å². The molecule has 3 heterocycles. The average Bonchev–Trinajstić information content (AvgIpc) is 3.28. The SMILES string of the molecule is CC(C)n1c(C2CCCN(C(=O)c3ccn[nH]3)C2)nc2ccccc21. The number of para-hydroxylation sites is 2. The summed E-state index contributed by atoms with van der Waals surface area (Å²) in [6, 6.07) is 10.3. The van der Waals surface area contributed by atoms with E-state index in [-0.39, 0.29) is 11.8 Å². The number of carbonyl (C=O) groups is 1. The van der Waals surface area contributed by atoms with Crippen LogP contribution in [0.2, 0.25) is 0 Å². The summed E-state index contributed by atoms with van der Waals surface area (Å²) in [6.45, 7) is 5.87. The van der Waals surface area contributed by atoms with Crippen LogP contribution in [0.5, 0.6) is 0 Å². The zero-order chi connectivity index (χ0) is 17.4. The third-order valence-corrected chi connectivity index (χ3v) is 4.94. The molecule has 3 aromatic rings. The zero-order valence-electron chi connectivity index (χ0n) is 14.6. The summed E-state index contributed by atoms with van der Waals surface area (Å²) in [5.74, 6) is 1.38. The van der Waals surface area contributed by atoms with E-state index in [2.05, 4.69) is 46.8 Å². The molecule has 1 aliphatic heterocycles. The first-order chi connectivity index (χ1) is 12.1. The van der Waals surface area contributed by atoms with Gasteiger partial charge in [0.2, 0.25) is 0 Å². The Bertz CT molecular complexity index is 881. The summed E-state index contributed by atoms with van der Waals surface area (Å²) in [5.41, 5.74) is 2.76.